The van der Waals surface area contributed by atoms with Gasteiger partial charge in [-0.05, 0) is 30.3 Å². The number of benzene rings is 1. The highest BCUT2D eigenvalue weighted by molar-refractivity contribution is 7.92. The number of carbonyl (C=O) groups is 1. The van der Waals surface area contributed by atoms with Crippen LogP contribution in [0.1, 0.15) is 10.4 Å². The lowest BCUT2D eigenvalue weighted by Crippen LogP contribution is -2.17. The van der Waals surface area contributed by atoms with Crippen LogP contribution in [0.3, 0.4) is 0 Å². The Morgan fingerprint density at radius 1 is 1.33 bits per heavy atom. The normalized spacial score (nSPS) is 11.1. The molecule has 0 radical (unpaired) electrons. The van der Waals surface area contributed by atoms with Crippen molar-refractivity contribution >= 4 is 33.2 Å². The molecular formula is C12H9ClFN3O3S. The lowest BCUT2D eigenvalue weighted by Gasteiger charge is -2.09. The van der Waals surface area contributed by atoms with E-state index in [4.69, 9.17) is 17.3 Å². The predicted molar refractivity (Wildman–Crippen MR) is 75.0 cm³/mol. The molecule has 0 atom stereocenters. The highest BCUT2D eigenvalue weighted by atomic mass is 35.5. The number of nitrogens with one attached hydrogen (secondary N) is 1. The van der Waals surface area contributed by atoms with E-state index in [2.05, 4.69) is 9.71 Å². The number of nitrogens with zero attached hydrogens (tertiary/aromatic N) is 1. The van der Waals surface area contributed by atoms with E-state index in [9.17, 15) is 17.6 Å². The standard InChI is InChI=1S/C12H9ClFN3O3S/c13-9-6-7(3-4-8(9)11(15)18)17-21(19,20)12-10(14)2-1-5-16-12/h1-6,17H,(H2,15,18). The third-order valence-electron chi connectivity index (χ3n) is 2.47. The smallest absolute Gasteiger partial charge is 0.282 e. The molecule has 0 aliphatic rings. The zero-order chi connectivity index (χ0) is 15.6. The molecule has 6 nitrogen and oxygen atoms in total. The highest BCUT2D eigenvalue weighted by Gasteiger charge is 2.21. The van der Waals surface area contributed by atoms with Crippen molar-refractivity contribution < 1.29 is 17.6 Å². The first-order valence-corrected chi connectivity index (χ1v) is 7.40. The molecule has 0 spiro atoms. The summed E-state index contributed by atoms with van der Waals surface area (Å²) in [7, 11) is -4.20. The van der Waals surface area contributed by atoms with Crippen molar-refractivity contribution in [2.45, 2.75) is 5.03 Å². The van der Waals surface area contributed by atoms with E-state index in [0.29, 0.717) is 0 Å². The van der Waals surface area contributed by atoms with Crippen molar-refractivity contribution in [3.8, 4) is 0 Å². The zero-order valence-electron chi connectivity index (χ0n) is 10.4. The van der Waals surface area contributed by atoms with Crippen LogP contribution in [-0.4, -0.2) is 19.3 Å². The lowest BCUT2D eigenvalue weighted by atomic mass is 10.2. The zero-order valence-corrected chi connectivity index (χ0v) is 12.0. The number of primary amides is 1. The number of amides is 1. The van der Waals surface area contributed by atoms with E-state index < -0.39 is 26.8 Å². The molecule has 1 aromatic heterocycles. The minimum atomic E-state index is -4.20. The average Bonchev–Trinajstić information content (AvgIpc) is 2.38. The number of anilines is 1. The fourth-order valence-corrected chi connectivity index (χ4v) is 2.88. The van der Waals surface area contributed by atoms with Crippen molar-refractivity contribution in [1.29, 1.82) is 0 Å². The molecule has 3 N–H and O–H groups in total. The molecule has 0 saturated carbocycles. The summed E-state index contributed by atoms with van der Waals surface area (Å²) in [5.74, 6) is -1.73. The van der Waals surface area contributed by atoms with Gasteiger partial charge in [-0.1, -0.05) is 11.6 Å². The Morgan fingerprint density at radius 3 is 2.62 bits per heavy atom. The molecule has 2 aromatic rings. The monoisotopic (exact) mass is 329 g/mol. The molecule has 0 aliphatic heterocycles. The predicted octanol–water partition coefficient (Wildman–Crippen LogP) is 1.77. The topological polar surface area (TPSA) is 102 Å². The maximum atomic E-state index is 13.5. The summed E-state index contributed by atoms with van der Waals surface area (Å²) in [6.45, 7) is 0. The van der Waals surface area contributed by atoms with E-state index >= 15 is 0 Å². The SMILES string of the molecule is NC(=O)c1ccc(NS(=O)(=O)c2ncccc2F)cc1Cl. The van der Waals surface area contributed by atoms with Crippen molar-refractivity contribution in [2.24, 2.45) is 5.73 Å². The Balaban J connectivity index is 2.36. The molecule has 2 rings (SSSR count). The molecule has 1 amide bonds. The second-order valence-electron chi connectivity index (χ2n) is 3.95. The average molecular weight is 330 g/mol. The molecule has 0 saturated heterocycles. The maximum absolute atomic E-state index is 13.5. The van der Waals surface area contributed by atoms with Crippen LogP contribution in [0.15, 0.2) is 41.6 Å². The number of halogens is 2. The van der Waals surface area contributed by atoms with Crippen molar-refractivity contribution in [3.05, 3.63) is 52.9 Å². The van der Waals surface area contributed by atoms with Crippen LogP contribution in [0.4, 0.5) is 10.1 Å². The van der Waals surface area contributed by atoms with E-state index in [1.807, 2.05) is 0 Å². The van der Waals surface area contributed by atoms with Crippen LogP contribution >= 0.6 is 11.6 Å². The molecule has 110 valence electrons. The van der Waals surface area contributed by atoms with Crippen molar-refractivity contribution in [1.82, 2.24) is 4.98 Å². The fraction of sp³-hybridized carbons (Fsp3) is 0. The van der Waals surface area contributed by atoms with E-state index in [0.717, 1.165) is 12.3 Å². The van der Waals surface area contributed by atoms with Crippen LogP contribution in [0.2, 0.25) is 5.02 Å². The van der Waals surface area contributed by atoms with Gasteiger partial charge in [-0.15, -0.1) is 0 Å². The van der Waals surface area contributed by atoms with Gasteiger partial charge in [0.25, 0.3) is 10.0 Å². The van der Waals surface area contributed by atoms with Gasteiger partial charge in [0.1, 0.15) is 0 Å². The molecule has 0 unspecified atom stereocenters. The lowest BCUT2D eigenvalue weighted by molar-refractivity contribution is 0.100. The van der Waals surface area contributed by atoms with Crippen LogP contribution in [-0.2, 0) is 10.0 Å². The summed E-state index contributed by atoms with van der Waals surface area (Å²) in [5, 5.41) is -0.760. The number of hydrogen-bond donors (Lipinski definition) is 2. The molecule has 0 bridgehead atoms. The highest BCUT2D eigenvalue weighted by Crippen LogP contribution is 2.23. The second kappa shape index (κ2) is 5.66. The largest absolute Gasteiger partial charge is 0.366 e. The van der Waals surface area contributed by atoms with Gasteiger partial charge in [-0.25, -0.2) is 9.37 Å². The van der Waals surface area contributed by atoms with Gasteiger partial charge in [0.15, 0.2) is 5.82 Å². The molecule has 1 aromatic carbocycles. The van der Waals surface area contributed by atoms with E-state index in [1.165, 1.54) is 24.3 Å². The number of pyridine rings is 1. The summed E-state index contributed by atoms with van der Waals surface area (Å²) >= 11 is 5.81. The Morgan fingerprint density at radius 2 is 2.05 bits per heavy atom. The molecule has 9 heteroatoms. The number of hydrogen-bond acceptors (Lipinski definition) is 4. The molecule has 0 aliphatic carbocycles. The van der Waals surface area contributed by atoms with Crippen LogP contribution < -0.4 is 10.5 Å². The molecule has 21 heavy (non-hydrogen) atoms. The maximum Gasteiger partial charge on any atom is 0.282 e. The minimum Gasteiger partial charge on any atom is -0.366 e. The number of sulfonamides is 1. The quantitative estimate of drug-likeness (QED) is 0.892. The number of carbonyl (C=O) groups excluding carboxylic acids is 1. The fourth-order valence-electron chi connectivity index (χ4n) is 1.55. The Hall–Kier alpha value is -2.19. The number of aromatic nitrogens is 1. The Kier molecular flexibility index (Phi) is 4.10. The van der Waals surface area contributed by atoms with Gasteiger partial charge < -0.3 is 5.73 Å². The van der Waals surface area contributed by atoms with Gasteiger partial charge in [-0.2, -0.15) is 8.42 Å². The summed E-state index contributed by atoms with van der Waals surface area (Å²) in [4.78, 5) is 14.5. The second-order valence-corrected chi connectivity index (χ2v) is 5.96. The van der Waals surface area contributed by atoms with Gasteiger partial charge in [0.2, 0.25) is 10.9 Å². The summed E-state index contributed by atoms with van der Waals surface area (Å²) in [5.41, 5.74) is 5.18. The van der Waals surface area contributed by atoms with E-state index in [-0.39, 0.29) is 16.3 Å². The third-order valence-corrected chi connectivity index (χ3v) is 4.09. The Bertz CT molecular complexity index is 811. The van der Waals surface area contributed by atoms with Gasteiger partial charge in [-0.3, -0.25) is 9.52 Å². The number of nitrogens with two attached hydrogens (primary N) is 1. The Labute approximate surface area is 124 Å². The first-order valence-electron chi connectivity index (χ1n) is 5.54. The van der Waals surface area contributed by atoms with E-state index in [1.54, 1.807) is 0 Å². The van der Waals surface area contributed by atoms with Gasteiger partial charge >= 0.3 is 0 Å². The molecule has 0 fully saturated rings. The van der Waals surface area contributed by atoms with Gasteiger partial charge in [0.05, 0.1) is 16.3 Å². The van der Waals surface area contributed by atoms with Crippen LogP contribution in [0.25, 0.3) is 0 Å². The molecular weight excluding hydrogens is 321 g/mol. The summed E-state index contributed by atoms with van der Waals surface area (Å²) in [6.07, 6.45) is 1.15. The van der Waals surface area contributed by atoms with Crippen LogP contribution in [0, 0.1) is 5.82 Å². The van der Waals surface area contributed by atoms with Crippen LogP contribution in [0.5, 0.6) is 0 Å². The summed E-state index contributed by atoms with van der Waals surface area (Å²) in [6, 6.07) is 5.99. The van der Waals surface area contributed by atoms with Crippen molar-refractivity contribution in [2.75, 3.05) is 4.72 Å². The van der Waals surface area contributed by atoms with Crippen molar-refractivity contribution in [3.63, 3.8) is 0 Å². The summed E-state index contributed by atoms with van der Waals surface area (Å²) < 4.78 is 39.6. The minimum absolute atomic E-state index is 0.0239. The first-order chi connectivity index (χ1) is 9.81. The van der Waals surface area contributed by atoms with Gasteiger partial charge in [0, 0.05) is 6.20 Å². The first kappa shape index (κ1) is 15.2. The molecule has 1 heterocycles. The third kappa shape index (κ3) is 3.29. The number of rotatable bonds is 4.